The van der Waals surface area contributed by atoms with Gasteiger partial charge >= 0.3 is 0 Å². The van der Waals surface area contributed by atoms with Crippen LogP contribution in [0.3, 0.4) is 0 Å². The Morgan fingerprint density at radius 2 is 0.854 bits per heavy atom. The summed E-state index contributed by atoms with van der Waals surface area (Å²) in [5.41, 5.74) is 1.48. The molecule has 0 aliphatic carbocycles. The van der Waals surface area contributed by atoms with Crippen LogP contribution in [0.1, 0.15) is 82.9 Å². The number of benzene rings is 8. The van der Waals surface area contributed by atoms with Crippen molar-refractivity contribution < 1.29 is 95.5 Å². The summed E-state index contributed by atoms with van der Waals surface area (Å²) < 4.78 is 152. The zero-order valence-electron chi connectivity index (χ0n) is 42.4. The van der Waals surface area contributed by atoms with Gasteiger partial charge in [0.25, 0.3) is 0 Å². The molecule has 8 aromatic carbocycles. The molecular formula is C60H41F12NO9. The molecule has 0 fully saturated rings. The van der Waals surface area contributed by atoms with E-state index in [9.17, 15) is 91.0 Å². The van der Waals surface area contributed by atoms with E-state index in [0.717, 1.165) is 107 Å². The lowest BCUT2D eigenvalue weighted by molar-refractivity contribution is 0.110. The van der Waals surface area contributed by atoms with Gasteiger partial charge in [0.1, 0.15) is 65.4 Å². The molecule has 0 aliphatic heterocycles. The molecule has 9 rings (SSSR count). The fraction of sp³-hybridized carbons (Fsp3) is 0.0333. The van der Waals surface area contributed by atoms with Crippen LogP contribution in [0, 0.1) is 69.8 Å². The Labute approximate surface area is 458 Å². The molecule has 0 bridgehead atoms. The lowest BCUT2D eigenvalue weighted by atomic mass is 10.0. The smallest absolute Gasteiger partial charge is 0.169 e. The summed E-state index contributed by atoms with van der Waals surface area (Å²) in [6, 6.07) is 31.3. The quantitative estimate of drug-likeness (QED) is 0.101. The van der Waals surface area contributed by atoms with Gasteiger partial charge in [-0.2, -0.15) is 0 Å². The number of furan rings is 1. The van der Waals surface area contributed by atoms with E-state index in [-0.39, 0.29) is 46.7 Å². The third-order valence-electron chi connectivity index (χ3n) is 9.72. The van der Waals surface area contributed by atoms with Crippen molar-refractivity contribution in [2.45, 2.75) is 0 Å². The minimum Gasteiger partial charge on any atom is -0.472 e. The molecule has 9 aromatic rings. The molecule has 1 heterocycles. The number of aldehydes is 8. The number of halogens is 12. The Bertz CT molecular complexity index is 3530. The minimum absolute atomic E-state index is 0.0116. The average Bonchev–Trinajstić information content (AvgIpc) is 4.07. The summed E-state index contributed by atoms with van der Waals surface area (Å²) in [6.07, 6.45) is 6.41. The Morgan fingerprint density at radius 1 is 0.329 bits per heavy atom. The standard InChI is InChI=1S/C13H13NO.6C7H4F2O.C5H4O2/c1-14(2)13-8-7-10(9-15)11-5-3-4-6-12(11)13;8-6-1-5(4-10)2-7(9)3-6;8-6-1-2-7(9)5(3-6)4-10;8-6-2-1-5(4-10)7(9)3-6;8-6-2-1-5(4-10)3-7(6)9;8-6-2-1-3-7(9)5(6)4-10;8-6-3-1-2-5(4-10)7(6)9;6-3-5-1-2-7-4-5/h3-9H,1-2H3;6*1-4H;1-4H. The van der Waals surface area contributed by atoms with E-state index in [4.69, 9.17) is 0 Å². The predicted octanol–water partition coefficient (Wildman–Crippen LogP) is 14.5. The van der Waals surface area contributed by atoms with Gasteiger partial charge in [-0.05, 0) is 109 Å². The van der Waals surface area contributed by atoms with Crippen LogP contribution in [0.5, 0.6) is 0 Å². The van der Waals surface area contributed by atoms with E-state index in [2.05, 4.69) is 9.32 Å². The van der Waals surface area contributed by atoms with Gasteiger partial charge in [-0.1, -0.05) is 36.4 Å². The molecule has 0 N–H and O–H groups in total. The summed E-state index contributed by atoms with van der Waals surface area (Å²) in [5.74, 6) is -9.94. The predicted molar refractivity (Wildman–Crippen MR) is 278 cm³/mol. The van der Waals surface area contributed by atoms with Crippen LogP contribution in [0.2, 0.25) is 0 Å². The average molecular weight is 1150 g/mol. The zero-order valence-corrected chi connectivity index (χ0v) is 42.4. The Kier molecular flexibility index (Phi) is 29.7. The molecule has 0 unspecified atom stereocenters. The maximum atomic E-state index is 12.4. The second kappa shape index (κ2) is 35.9. The first kappa shape index (κ1) is 67.7. The minimum atomic E-state index is -1.09. The molecule has 1 aromatic heterocycles. The normalized spacial score (nSPS) is 9.49. The van der Waals surface area contributed by atoms with Gasteiger partial charge < -0.3 is 9.32 Å². The highest BCUT2D eigenvalue weighted by Crippen LogP contribution is 2.27. The molecule has 0 amide bonds. The van der Waals surface area contributed by atoms with E-state index in [0.29, 0.717) is 36.6 Å². The van der Waals surface area contributed by atoms with E-state index in [1.165, 1.54) is 36.8 Å². The van der Waals surface area contributed by atoms with E-state index >= 15 is 0 Å². The Hall–Kier alpha value is -10.4. The van der Waals surface area contributed by atoms with Gasteiger partial charge in [0.15, 0.2) is 61.0 Å². The van der Waals surface area contributed by atoms with Crippen LogP contribution in [0.4, 0.5) is 58.4 Å². The van der Waals surface area contributed by atoms with Gasteiger partial charge in [0, 0.05) is 54.0 Å². The Balaban J connectivity index is 0.000000322. The maximum absolute atomic E-state index is 12.4. The highest BCUT2D eigenvalue weighted by molar-refractivity contribution is 6.04. The lowest BCUT2D eigenvalue weighted by Crippen LogP contribution is -2.09. The maximum Gasteiger partial charge on any atom is 0.169 e. The molecule has 0 atom stereocenters. The number of carbonyl (C=O) groups excluding carboxylic acids is 8. The molecule has 22 heteroatoms. The van der Waals surface area contributed by atoms with Crippen LogP contribution in [-0.2, 0) is 0 Å². The number of hydrogen-bond acceptors (Lipinski definition) is 10. The summed E-state index contributed by atoms with van der Waals surface area (Å²) in [4.78, 5) is 82.6. The van der Waals surface area contributed by atoms with Crippen molar-refractivity contribution in [3.63, 3.8) is 0 Å². The van der Waals surface area contributed by atoms with Crippen LogP contribution in [0.15, 0.2) is 169 Å². The van der Waals surface area contributed by atoms with E-state index < -0.39 is 75.4 Å². The van der Waals surface area contributed by atoms with Crippen molar-refractivity contribution in [3.05, 3.63) is 278 Å². The molecule has 0 saturated heterocycles. The highest BCUT2D eigenvalue weighted by Gasteiger charge is 2.08. The second-order valence-electron chi connectivity index (χ2n) is 15.6. The molecule has 0 spiro atoms. The topological polar surface area (TPSA) is 153 Å². The van der Waals surface area contributed by atoms with Crippen molar-refractivity contribution in [2.75, 3.05) is 19.0 Å². The van der Waals surface area contributed by atoms with Crippen molar-refractivity contribution in [3.8, 4) is 0 Å². The largest absolute Gasteiger partial charge is 0.472 e. The number of anilines is 1. The molecule has 0 saturated carbocycles. The third kappa shape index (κ3) is 22.9. The Morgan fingerprint density at radius 3 is 1.32 bits per heavy atom. The number of nitrogens with zero attached hydrogens (tertiary/aromatic N) is 1. The molecule has 82 heavy (non-hydrogen) atoms. The van der Waals surface area contributed by atoms with Gasteiger partial charge in [0.05, 0.1) is 34.1 Å². The zero-order chi connectivity index (χ0) is 61.3. The first-order valence-electron chi connectivity index (χ1n) is 22.6. The number of carbonyl (C=O) groups is 8. The molecular weight excluding hydrogens is 1110 g/mol. The summed E-state index contributed by atoms with van der Waals surface area (Å²) >= 11 is 0. The monoisotopic (exact) mass is 1150 g/mol. The van der Waals surface area contributed by atoms with Crippen molar-refractivity contribution in [2.24, 2.45) is 0 Å². The van der Waals surface area contributed by atoms with E-state index in [1.54, 1.807) is 6.07 Å². The highest BCUT2D eigenvalue weighted by atomic mass is 19.2. The lowest BCUT2D eigenvalue weighted by Gasteiger charge is -2.16. The summed E-state index contributed by atoms with van der Waals surface area (Å²) in [6.45, 7) is 0. The first-order valence-corrected chi connectivity index (χ1v) is 22.6. The van der Waals surface area contributed by atoms with E-state index in [1.807, 2.05) is 50.5 Å². The van der Waals surface area contributed by atoms with Gasteiger partial charge in [-0.25, -0.2) is 52.7 Å². The summed E-state index contributed by atoms with van der Waals surface area (Å²) in [5, 5.41) is 2.13. The van der Waals surface area contributed by atoms with Crippen molar-refractivity contribution in [1.29, 1.82) is 0 Å². The van der Waals surface area contributed by atoms with Gasteiger partial charge in [-0.15, -0.1) is 0 Å². The third-order valence-corrected chi connectivity index (χ3v) is 9.72. The number of fused-ring (bicyclic) bond motifs is 1. The SMILES string of the molecule is CN(C)c1ccc(C=O)c2ccccc12.O=Cc1c(F)cccc1F.O=Cc1cc(F)cc(F)c1.O=Cc1cc(F)ccc1F.O=Cc1ccc(F)c(F)c1.O=Cc1ccc(F)cc1F.O=Cc1cccc(F)c1F.O=Cc1ccoc1. The summed E-state index contributed by atoms with van der Waals surface area (Å²) in [7, 11) is 4.00. The van der Waals surface area contributed by atoms with Crippen molar-refractivity contribution in [1.82, 2.24) is 0 Å². The van der Waals surface area contributed by atoms with Crippen LogP contribution in [0.25, 0.3) is 10.8 Å². The number of rotatable bonds is 9. The fourth-order valence-electron chi connectivity index (χ4n) is 5.81. The van der Waals surface area contributed by atoms with Crippen LogP contribution < -0.4 is 4.90 Å². The second-order valence-corrected chi connectivity index (χ2v) is 15.6. The van der Waals surface area contributed by atoms with Gasteiger partial charge in [0.2, 0.25) is 0 Å². The molecule has 10 nitrogen and oxygen atoms in total. The van der Waals surface area contributed by atoms with Gasteiger partial charge in [-0.3, -0.25) is 38.4 Å². The molecule has 424 valence electrons. The van der Waals surface area contributed by atoms with Crippen molar-refractivity contribution >= 4 is 66.7 Å². The number of hydrogen-bond donors (Lipinski definition) is 0. The first-order chi connectivity index (χ1) is 39.1. The fourth-order valence-corrected chi connectivity index (χ4v) is 5.81. The van der Waals surface area contributed by atoms with Crippen LogP contribution in [-0.4, -0.2) is 64.4 Å². The molecule has 0 radical (unpaired) electrons. The molecule has 0 aliphatic rings. The van der Waals surface area contributed by atoms with Crippen LogP contribution >= 0.6 is 0 Å².